The van der Waals surface area contributed by atoms with Crippen molar-refractivity contribution in [1.82, 2.24) is 4.31 Å². The molecule has 1 fully saturated rings. The molecule has 2 N–H and O–H groups in total. The van der Waals surface area contributed by atoms with Crippen LogP contribution in [0.25, 0.3) is 10.8 Å². The number of aliphatic hydroxyl groups is 2. The van der Waals surface area contributed by atoms with Gasteiger partial charge >= 0.3 is 0 Å². The predicted octanol–water partition coefficient (Wildman–Crippen LogP) is 9.34. The van der Waals surface area contributed by atoms with Crippen molar-refractivity contribution in [1.29, 1.82) is 0 Å². The molecule has 0 amide bonds. The van der Waals surface area contributed by atoms with Gasteiger partial charge in [0.1, 0.15) is 4.21 Å². The normalized spacial score (nSPS) is 23.6. The summed E-state index contributed by atoms with van der Waals surface area (Å²) in [5.74, 6) is -3.07. The number of fused-ring (bicyclic) bond motifs is 9. The molecule has 3 aliphatic carbocycles. The molecule has 2 bridgehead atoms. The zero-order valence-corrected chi connectivity index (χ0v) is 32.1. The Morgan fingerprint density at radius 2 is 1.74 bits per heavy atom. The van der Waals surface area contributed by atoms with E-state index in [0.29, 0.717) is 49.7 Å². The van der Waals surface area contributed by atoms with Gasteiger partial charge in [0.15, 0.2) is 17.4 Å². The molecule has 0 radical (unpaired) electrons. The standard InChI is InChI=1S/C44H45F2NO5S2/c1-29-8-6-21-43(2)38(36-18-15-30(24-34(48)17-14-29)25-37(36)42(49)32-16-19-39(45)40(46)26-32)20-22-44(43,50)28-47(54(51,52)41-13-7-23-53-41)27-33-11-5-10-31-9-3-4-12-35(31)33/h3-5,7-13,15-16,18-19,23,25-26,34,38,48,50H,6,14,17,20-22,24,27-28H2,1-2H3. The molecule has 0 aliphatic heterocycles. The van der Waals surface area contributed by atoms with Crippen molar-refractivity contribution in [3.8, 4) is 0 Å². The highest BCUT2D eigenvalue weighted by Crippen LogP contribution is 2.59. The summed E-state index contributed by atoms with van der Waals surface area (Å²) in [6, 6.07) is 25.6. The highest BCUT2D eigenvalue weighted by molar-refractivity contribution is 7.91. The fraction of sp³-hybridized carbons (Fsp3) is 0.341. The first kappa shape index (κ1) is 38.2. The van der Waals surface area contributed by atoms with Crippen LogP contribution in [0.3, 0.4) is 0 Å². The molecular formula is C44H45F2NO5S2. The Hall–Kier alpha value is -4.06. The monoisotopic (exact) mass is 769 g/mol. The van der Waals surface area contributed by atoms with Crippen molar-refractivity contribution in [2.45, 2.75) is 87.2 Å². The van der Waals surface area contributed by atoms with Crippen LogP contribution >= 0.6 is 11.3 Å². The minimum Gasteiger partial charge on any atom is -0.393 e. The first-order chi connectivity index (χ1) is 25.8. The van der Waals surface area contributed by atoms with Crippen LogP contribution in [0.2, 0.25) is 0 Å². The highest BCUT2D eigenvalue weighted by Gasteiger charge is 2.58. The Labute approximate surface area is 319 Å². The summed E-state index contributed by atoms with van der Waals surface area (Å²) in [6.07, 6.45) is 4.77. The Bertz CT molecular complexity index is 2320. The molecule has 0 saturated heterocycles. The van der Waals surface area contributed by atoms with E-state index in [0.717, 1.165) is 50.9 Å². The van der Waals surface area contributed by atoms with Gasteiger partial charge < -0.3 is 10.2 Å². The Morgan fingerprint density at radius 1 is 0.944 bits per heavy atom. The molecule has 1 saturated carbocycles. The first-order valence-corrected chi connectivity index (χ1v) is 20.8. The topological polar surface area (TPSA) is 94.9 Å². The molecule has 6 nitrogen and oxygen atoms in total. The number of halogens is 2. The lowest BCUT2D eigenvalue weighted by molar-refractivity contribution is -0.0731. The number of hydrogen-bond donors (Lipinski definition) is 2. The third kappa shape index (κ3) is 7.34. The lowest BCUT2D eigenvalue weighted by Crippen LogP contribution is -2.53. The number of benzene rings is 4. The van der Waals surface area contributed by atoms with Gasteiger partial charge in [-0.3, -0.25) is 4.79 Å². The van der Waals surface area contributed by atoms with Crippen LogP contribution < -0.4 is 0 Å². The molecule has 0 spiro atoms. The molecule has 10 heteroatoms. The average molecular weight is 770 g/mol. The number of aliphatic hydroxyl groups excluding tert-OH is 1. The lowest BCUT2D eigenvalue weighted by Gasteiger charge is -2.46. The Kier molecular flexibility index (Phi) is 10.8. The first-order valence-electron chi connectivity index (χ1n) is 18.5. The van der Waals surface area contributed by atoms with Crippen molar-refractivity contribution in [3.05, 3.63) is 147 Å². The third-order valence-corrected chi connectivity index (χ3v) is 15.0. The maximum absolute atomic E-state index is 14.5. The van der Waals surface area contributed by atoms with E-state index in [-0.39, 0.29) is 29.3 Å². The summed E-state index contributed by atoms with van der Waals surface area (Å²) < 4.78 is 59.1. The van der Waals surface area contributed by atoms with Gasteiger partial charge in [-0.2, -0.15) is 4.31 Å². The van der Waals surface area contributed by atoms with Gasteiger partial charge in [-0.25, -0.2) is 17.2 Å². The van der Waals surface area contributed by atoms with Gasteiger partial charge in [0.25, 0.3) is 10.0 Å². The number of thiophene rings is 1. The molecule has 4 atom stereocenters. The van der Waals surface area contributed by atoms with Crippen molar-refractivity contribution in [2.24, 2.45) is 5.41 Å². The number of rotatable bonds is 8. The average Bonchev–Trinajstić information content (AvgIpc) is 3.79. The predicted molar refractivity (Wildman–Crippen MR) is 209 cm³/mol. The van der Waals surface area contributed by atoms with Gasteiger partial charge in [-0.15, -0.1) is 11.3 Å². The summed E-state index contributed by atoms with van der Waals surface area (Å²) in [5.41, 5.74) is 1.16. The van der Waals surface area contributed by atoms with E-state index in [9.17, 15) is 32.2 Å². The minimum atomic E-state index is -4.06. The molecule has 3 aliphatic rings. The van der Waals surface area contributed by atoms with Gasteiger partial charge in [0.2, 0.25) is 0 Å². The van der Waals surface area contributed by atoms with Crippen LogP contribution in [-0.2, 0) is 23.0 Å². The van der Waals surface area contributed by atoms with Crippen LogP contribution in [0, 0.1) is 17.0 Å². The fourth-order valence-corrected chi connectivity index (χ4v) is 11.3. The second-order valence-corrected chi connectivity index (χ2v) is 18.4. The molecule has 5 aromatic rings. The molecule has 1 aromatic heterocycles. The van der Waals surface area contributed by atoms with E-state index in [2.05, 4.69) is 6.08 Å². The molecule has 8 rings (SSSR count). The minimum absolute atomic E-state index is 0.00853. The maximum Gasteiger partial charge on any atom is 0.252 e. The summed E-state index contributed by atoms with van der Waals surface area (Å²) in [7, 11) is -4.06. The Morgan fingerprint density at radius 3 is 2.52 bits per heavy atom. The summed E-state index contributed by atoms with van der Waals surface area (Å²) in [5, 5.41) is 27.7. The Balaban J connectivity index is 1.35. The van der Waals surface area contributed by atoms with Crippen molar-refractivity contribution >= 4 is 37.9 Å². The van der Waals surface area contributed by atoms with Crippen molar-refractivity contribution in [2.75, 3.05) is 6.54 Å². The van der Waals surface area contributed by atoms with E-state index >= 15 is 0 Å². The van der Waals surface area contributed by atoms with E-state index in [1.807, 2.05) is 68.4 Å². The van der Waals surface area contributed by atoms with E-state index < -0.39 is 50.5 Å². The molecular weight excluding hydrogens is 725 g/mol. The SMILES string of the molecule is CC1=CCCC2(C)C(CCC2(O)CN(Cc2cccc3ccccc23)S(=O)(=O)c2cccs2)c2ccc(cc2C(=O)c2ccc(F)c(F)c2)CC(O)CC1. The van der Waals surface area contributed by atoms with Crippen LogP contribution in [-0.4, -0.2) is 47.0 Å². The smallest absolute Gasteiger partial charge is 0.252 e. The van der Waals surface area contributed by atoms with E-state index in [1.54, 1.807) is 23.6 Å². The van der Waals surface area contributed by atoms with Gasteiger partial charge in [0, 0.05) is 29.6 Å². The number of sulfonamides is 1. The summed E-state index contributed by atoms with van der Waals surface area (Å²) in [6.45, 7) is 3.89. The van der Waals surface area contributed by atoms with Crippen molar-refractivity contribution in [3.63, 3.8) is 0 Å². The molecule has 1 heterocycles. The quantitative estimate of drug-likeness (QED) is 0.121. The van der Waals surface area contributed by atoms with Crippen LogP contribution in [0.4, 0.5) is 8.78 Å². The van der Waals surface area contributed by atoms with Crippen LogP contribution in [0.5, 0.6) is 0 Å². The zero-order chi connectivity index (χ0) is 38.3. The summed E-state index contributed by atoms with van der Waals surface area (Å²) in [4.78, 5) is 14.3. The number of carbonyl (C=O) groups is 1. The lowest BCUT2D eigenvalue weighted by atomic mass is 9.64. The number of hydrogen-bond acceptors (Lipinski definition) is 6. The van der Waals surface area contributed by atoms with E-state index in [1.165, 1.54) is 10.4 Å². The zero-order valence-electron chi connectivity index (χ0n) is 30.5. The third-order valence-electron chi connectivity index (χ3n) is 11.9. The number of ketones is 1. The highest BCUT2D eigenvalue weighted by atomic mass is 32.2. The molecule has 4 aromatic carbocycles. The summed E-state index contributed by atoms with van der Waals surface area (Å²) >= 11 is 1.14. The molecule has 282 valence electrons. The van der Waals surface area contributed by atoms with Crippen LogP contribution in [0.15, 0.2) is 112 Å². The molecule has 4 unspecified atom stereocenters. The molecule has 54 heavy (non-hydrogen) atoms. The fourth-order valence-electron chi connectivity index (χ4n) is 8.66. The number of nitrogens with zero attached hydrogens (tertiary/aromatic N) is 1. The number of allylic oxidation sites excluding steroid dienone is 2. The maximum atomic E-state index is 14.5. The van der Waals surface area contributed by atoms with Crippen molar-refractivity contribution < 1.29 is 32.2 Å². The van der Waals surface area contributed by atoms with Crippen LogP contribution in [0.1, 0.15) is 90.9 Å². The second kappa shape index (κ2) is 15.2. The largest absolute Gasteiger partial charge is 0.393 e. The number of carbonyl (C=O) groups excluding carboxylic acids is 1. The van der Waals surface area contributed by atoms with Gasteiger partial charge in [-0.05, 0) is 121 Å². The van der Waals surface area contributed by atoms with Gasteiger partial charge in [0.05, 0.1) is 11.7 Å². The van der Waals surface area contributed by atoms with Gasteiger partial charge in [-0.1, -0.05) is 79.2 Å². The second-order valence-electron chi connectivity index (χ2n) is 15.2. The van der Waals surface area contributed by atoms with E-state index in [4.69, 9.17) is 0 Å².